The van der Waals surface area contributed by atoms with Gasteiger partial charge < -0.3 is 0 Å². The van der Waals surface area contributed by atoms with Gasteiger partial charge in [-0.1, -0.05) is 207 Å². The number of imidazole rings is 1. The number of aryl methyl sites for hydroxylation is 2. The monoisotopic (exact) mass is 630 g/mol. The fraction of sp³-hybridized carbons (Fsp3) is 0.930. The molecule has 0 saturated heterocycles. The minimum absolute atomic E-state index is 1.23. The molecule has 0 unspecified atom stereocenters. The van der Waals surface area contributed by atoms with Crippen molar-refractivity contribution in [2.24, 2.45) is 0 Å². The lowest BCUT2D eigenvalue weighted by Crippen LogP contribution is -2.37. The van der Waals surface area contributed by atoms with Crippen LogP contribution in [0.4, 0.5) is 0 Å². The summed E-state index contributed by atoms with van der Waals surface area (Å²) in [5, 5.41) is 0. The zero-order chi connectivity index (χ0) is 32.3. The zero-order valence-corrected chi connectivity index (χ0v) is 31.7. The summed E-state index contributed by atoms with van der Waals surface area (Å²) in [5.74, 6) is 1.63. The van der Waals surface area contributed by atoms with Gasteiger partial charge in [0.25, 0.3) is 5.82 Å². The van der Waals surface area contributed by atoms with Crippen molar-refractivity contribution < 1.29 is 4.57 Å². The Bertz CT molecular complexity index is 692. The molecule has 45 heavy (non-hydrogen) atoms. The van der Waals surface area contributed by atoms with Gasteiger partial charge in [0.05, 0.1) is 13.1 Å². The van der Waals surface area contributed by atoms with Crippen molar-refractivity contribution >= 4 is 0 Å². The fourth-order valence-electron chi connectivity index (χ4n) is 7.21. The fourth-order valence-corrected chi connectivity index (χ4v) is 7.21. The van der Waals surface area contributed by atoms with E-state index in [0.717, 1.165) is 0 Å². The van der Waals surface area contributed by atoms with E-state index in [-0.39, 0.29) is 0 Å². The first-order valence-electron chi connectivity index (χ1n) is 21.4. The highest BCUT2D eigenvalue weighted by atomic mass is 15.1. The van der Waals surface area contributed by atoms with Crippen LogP contribution in [0.2, 0.25) is 0 Å². The van der Waals surface area contributed by atoms with Crippen molar-refractivity contribution in [2.45, 2.75) is 259 Å². The molecule has 1 aromatic heterocycles. The van der Waals surface area contributed by atoms with Crippen molar-refractivity contribution in [3.63, 3.8) is 0 Å². The Labute approximate surface area is 285 Å². The van der Waals surface area contributed by atoms with Gasteiger partial charge in [0, 0.05) is 6.42 Å². The highest BCUT2D eigenvalue weighted by molar-refractivity contribution is 4.84. The second-order valence-corrected chi connectivity index (χ2v) is 14.8. The molecule has 0 fully saturated rings. The quantitative estimate of drug-likeness (QED) is 0.0511. The Hall–Kier alpha value is -0.790. The lowest BCUT2D eigenvalue weighted by molar-refractivity contribution is -0.704. The maximum atomic E-state index is 2.64. The lowest BCUT2D eigenvalue weighted by Gasteiger charge is -2.07. The van der Waals surface area contributed by atoms with Crippen molar-refractivity contribution in [3.05, 3.63) is 18.2 Å². The Morgan fingerprint density at radius 3 is 1.07 bits per heavy atom. The summed E-state index contributed by atoms with van der Waals surface area (Å²) in [6.07, 6.45) is 54.8. The van der Waals surface area contributed by atoms with Crippen LogP contribution in [0.25, 0.3) is 0 Å². The second-order valence-electron chi connectivity index (χ2n) is 14.8. The molecule has 2 nitrogen and oxygen atoms in total. The van der Waals surface area contributed by atoms with Gasteiger partial charge >= 0.3 is 0 Å². The molecule has 266 valence electrons. The smallest absolute Gasteiger partial charge is 0.234 e. The average Bonchev–Trinajstić information content (AvgIpc) is 3.43. The van der Waals surface area contributed by atoms with Crippen LogP contribution in [0, 0.1) is 0 Å². The summed E-state index contributed by atoms with van der Waals surface area (Å²) in [7, 11) is 0. The Kier molecular flexibility index (Phi) is 32.4. The van der Waals surface area contributed by atoms with E-state index in [1.165, 1.54) is 238 Å². The first-order chi connectivity index (χ1) is 22.3. The van der Waals surface area contributed by atoms with Gasteiger partial charge in [0.2, 0.25) is 0 Å². The van der Waals surface area contributed by atoms with Crippen molar-refractivity contribution in [2.75, 3.05) is 0 Å². The molecular weight excluding hydrogens is 544 g/mol. The molecule has 1 rings (SSSR count). The van der Waals surface area contributed by atoms with Crippen LogP contribution in [0.15, 0.2) is 12.4 Å². The highest BCUT2D eigenvalue weighted by Crippen LogP contribution is 2.16. The van der Waals surface area contributed by atoms with E-state index in [1.807, 2.05) is 0 Å². The first kappa shape index (κ1) is 42.2. The normalized spacial score (nSPS) is 11.6. The van der Waals surface area contributed by atoms with E-state index in [2.05, 4.69) is 42.3 Å². The van der Waals surface area contributed by atoms with E-state index in [1.54, 1.807) is 5.82 Å². The highest BCUT2D eigenvalue weighted by Gasteiger charge is 2.16. The molecule has 0 aliphatic heterocycles. The van der Waals surface area contributed by atoms with Crippen LogP contribution in [0.5, 0.6) is 0 Å². The number of hydrogen-bond acceptors (Lipinski definition) is 0. The van der Waals surface area contributed by atoms with Crippen LogP contribution < -0.4 is 4.57 Å². The van der Waals surface area contributed by atoms with Gasteiger partial charge in [-0.2, -0.15) is 0 Å². The molecule has 0 saturated carbocycles. The molecule has 0 amide bonds. The van der Waals surface area contributed by atoms with Gasteiger partial charge in [0.1, 0.15) is 12.4 Å². The predicted molar refractivity (Wildman–Crippen MR) is 202 cm³/mol. The summed E-state index contributed by atoms with van der Waals surface area (Å²) in [5.41, 5.74) is 0. The van der Waals surface area contributed by atoms with Crippen molar-refractivity contribution in [3.8, 4) is 0 Å². The van der Waals surface area contributed by atoms with Gasteiger partial charge in [-0.15, -0.1) is 0 Å². The molecule has 0 spiro atoms. The van der Waals surface area contributed by atoms with Crippen molar-refractivity contribution in [1.82, 2.24) is 4.57 Å². The third kappa shape index (κ3) is 26.9. The van der Waals surface area contributed by atoms with Crippen LogP contribution >= 0.6 is 0 Å². The topological polar surface area (TPSA) is 8.81 Å². The molecule has 2 heteroatoms. The summed E-state index contributed by atoms with van der Waals surface area (Å²) in [6.45, 7) is 9.41. The van der Waals surface area contributed by atoms with Crippen LogP contribution in [-0.4, -0.2) is 4.57 Å². The third-order valence-electron chi connectivity index (χ3n) is 10.3. The molecule has 0 aromatic carbocycles. The Morgan fingerprint density at radius 1 is 0.378 bits per heavy atom. The number of rotatable bonds is 37. The number of nitrogens with zero attached hydrogens (tertiary/aromatic N) is 2. The molecular formula is C43H85N2+. The van der Waals surface area contributed by atoms with Crippen LogP contribution in [0.3, 0.4) is 0 Å². The van der Waals surface area contributed by atoms with E-state index < -0.39 is 0 Å². The van der Waals surface area contributed by atoms with E-state index >= 15 is 0 Å². The molecule has 0 radical (unpaired) electrons. The van der Waals surface area contributed by atoms with E-state index in [4.69, 9.17) is 0 Å². The molecule has 1 heterocycles. The van der Waals surface area contributed by atoms with Gasteiger partial charge in [-0.25, -0.2) is 9.13 Å². The predicted octanol–water partition coefficient (Wildman–Crippen LogP) is 14.6. The summed E-state index contributed by atoms with van der Waals surface area (Å²) < 4.78 is 5.29. The largest absolute Gasteiger partial charge is 0.256 e. The number of unbranched alkanes of at least 4 members (excludes halogenated alkanes) is 31. The zero-order valence-electron chi connectivity index (χ0n) is 31.7. The third-order valence-corrected chi connectivity index (χ3v) is 10.3. The minimum Gasteiger partial charge on any atom is -0.234 e. The van der Waals surface area contributed by atoms with Crippen molar-refractivity contribution in [1.29, 1.82) is 0 Å². The maximum absolute atomic E-state index is 2.64. The standard InChI is InChI=1S/C43H85N2/c1-4-7-10-13-16-19-22-25-28-31-34-37-40-45-42-41-44(39-36-33-30-27-24-21-18-15-12-9-6-3)43(45)38-35-32-29-26-23-20-17-14-11-8-5-2/h41-42H,4-40H2,1-3H3/q+1. The molecule has 1 aromatic rings. The lowest BCUT2D eigenvalue weighted by atomic mass is 10.0. The minimum atomic E-state index is 1.23. The Balaban J connectivity index is 2.30. The summed E-state index contributed by atoms with van der Waals surface area (Å²) >= 11 is 0. The number of hydrogen-bond donors (Lipinski definition) is 0. The van der Waals surface area contributed by atoms with E-state index in [9.17, 15) is 0 Å². The maximum Gasteiger partial charge on any atom is 0.256 e. The molecule has 0 aliphatic carbocycles. The molecule has 0 atom stereocenters. The summed E-state index contributed by atoms with van der Waals surface area (Å²) in [4.78, 5) is 0. The van der Waals surface area contributed by atoms with Gasteiger partial charge in [-0.05, 0) is 32.1 Å². The average molecular weight is 630 g/mol. The summed E-state index contributed by atoms with van der Waals surface area (Å²) in [6, 6.07) is 0. The SMILES string of the molecule is CCCCCCCCCCCCCCn1cc[n+](CCCCCCCCCCCCC)c1CCCCCCCCCCCCC. The van der Waals surface area contributed by atoms with Crippen LogP contribution in [0.1, 0.15) is 245 Å². The second kappa shape index (κ2) is 34.5. The van der Waals surface area contributed by atoms with E-state index in [0.29, 0.717) is 0 Å². The number of aromatic nitrogens is 2. The molecule has 0 aliphatic rings. The molecule has 0 bridgehead atoms. The first-order valence-corrected chi connectivity index (χ1v) is 21.4. The van der Waals surface area contributed by atoms with Gasteiger partial charge in [-0.3, -0.25) is 0 Å². The van der Waals surface area contributed by atoms with Gasteiger partial charge in [0.15, 0.2) is 0 Å². The van der Waals surface area contributed by atoms with Crippen LogP contribution in [-0.2, 0) is 19.5 Å². The molecule has 0 N–H and O–H groups in total. The Morgan fingerprint density at radius 2 is 0.689 bits per heavy atom.